The number of benzene rings is 1. The van der Waals surface area contributed by atoms with Crippen LogP contribution in [0.15, 0.2) is 46.5 Å². The summed E-state index contributed by atoms with van der Waals surface area (Å²) in [6.45, 7) is 3.95. The standard InChI is InChI=1S/C21H21ClN2O3S2/c1-3-13(2)18(24-19(25)14-4-6-16(22)7-5-14)21(26)27-10-17-12-29-20(23-17)15-8-9-28-11-15/h4-9,11-13,18H,3,10H2,1-2H3,(H,24,25)/t13-,18-/m0/s1. The molecule has 2 heterocycles. The Morgan fingerprint density at radius 3 is 2.62 bits per heavy atom. The second-order valence-electron chi connectivity index (χ2n) is 6.61. The van der Waals surface area contributed by atoms with Crippen LogP contribution in [0.2, 0.25) is 5.02 Å². The minimum absolute atomic E-state index is 0.0726. The predicted octanol–water partition coefficient (Wildman–Crippen LogP) is 5.41. The molecule has 1 N–H and O–H groups in total. The molecule has 0 fully saturated rings. The number of thiazole rings is 1. The lowest BCUT2D eigenvalue weighted by molar-refractivity contribution is -0.148. The number of esters is 1. The number of ether oxygens (including phenoxy) is 1. The maximum Gasteiger partial charge on any atom is 0.329 e. The highest BCUT2D eigenvalue weighted by Gasteiger charge is 2.28. The van der Waals surface area contributed by atoms with Gasteiger partial charge < -0.3 is 10.1 Å². The molecule has 1 amide bonds. The van der Waals surface area contributed by atoms with Crippen molar-refractivity contribution in [3.63, 3.8) is 0 Å². The molecule has 3 aromatic rings. The van der Waals surface area contributed by atoms with Gasteiger partial charge in [0, 0.05) is 26.9 Å². The monoisotopic (exact) mass is 448 g/mol. The molecule has 152 valence electrons. The van der Waals surface area contributed by atoms with E-state index in [1.54, 1.807) is 35.6 Å². The number of carbonyl (C=O) groups excluding carboxylic acids is 2. The Kier molecular flexibility index (Phi) is 7.41. The molecule has 0 aliphatic carbocycles. The molecule has 2 aromatic heterocycles. The molecule has 0 aliphatic heterocycles. The van der Waals surface area contributed by atoms with Crippen LogP contribution in [-0.2, 0) is 16.1 Å². The van der Waals surface area contributed by atoms with Crippen molar-refractivity contribution >= 4 is 46.2 Å². The van der Waals surface area contributed by atoms with Gasteiger partial charge in [-0.3, -0.25) is 4.79 Å². The summed E-state index contributed by atoms with van der Waals surface area (Å²) in [5.41, 5.74) is 2.19. The first-order valence-electron chi connectivity index (χ1n) is 9.18. The zero-order valence-electron chi connectivity index (χ0n) is 16.1. The molecule has 0 spiro atoms. The van der Waals surface area contributed by atoms with E-state index < -0.39 is 12.0 Å². The van der Waals surface area contributed by atoms with Gasteiger partial charge >= 0.3 is 5.97 Å². The van der Waals surface area contributed by atoms with E-state index in [4.69, 9.17) is 16.3 Å². The quantitative estimate of drug-likeness (QED) is 0.467. The number of aromatic nitrogens is 1. The van der Waals surface area contributed by atoms with Crippen molar-refractivity contribution in [1.82, 2.24) is 10.3 Å². The van der Waals surface area contributed by atoms with Crippen LogP contribution in [0.4, 0.5) is 0 Å². The van der Waals surface area contributed by atoms with Gasteiger partial charge in [0.05, 0.1) is 5.69 Å². The summed E-state index contributed by atoms with van der Waals surface area (Å²) in [5.74, 6) is -0.875. The Labute approximate surface area is 182 Å². The van der Waals surface area contributed by atoms with E-state index >= 15 is 0 Å². The Hall–Kier alpha value is -2.22. The van der Waals surface area contributed by atoms with Crippen LogP contribution >= 0.6 is 34.3 Å². The zero-order chi connectivity index (χ0) is 20.8. The van der Waals surface area contributed by atoms with Crippen LogP contribution in [-0.4, -0.2) is 22.9 Å². The largest absolute Gasteiger partial charge is 0.458 e. The van der Waals surface area contributed by atoms with E-state index in [1.807, 2.05) is 36.1 Å². The number of thiophene rings is 1. The smallest absolute Gasteiger partial charge is 0.329 e. The van der Waals surface area contributed by atoms with Crippen molar-refractivity contribution in [1.29, 1.82) is 0 Å². The summed E-state index contributed by atoms with van der Waals surface area (Å²) < 4.78 is 5.47. The number of hydrogen-bond acceptors (Lipinski definition) is 6. The zero-order valence-corrected chi connectivity index (χ0v) is 18.4. The normalized spacial score (nSPS) is 12.9. The van der Waals surface area contributed by atoms with Gasteiger partial charge in [-0.25, -0.2) is 9.78 Å². The summed E-state index contributed by atoms with van der Waals surface area (Å²) in [6.07, 6.45) is 0.722. The van der Waals surface area contributed by atoms with E-state index in [0.29, 0.717) is 16.3 Å². The molecule has 0 aliphatic rings. The topological polar surface area (TPSA) is 68.3 Å². The van der Waals surface area contributed by atoms with Crippen LogP contribution in [0.3, 0.4) is 0 Å². The third-order valence-corrected chi connectivity index (χ3v) is 6.42. The number of nitrogens with one attached hydrogen (secondary N) is 1. The van der Waals surface area contributed by atoms with E-state index in [2.05, 4.69) is 10.3 Å². The third-order valence-electron chi connectivity index (χ3n) is 4.54. The van der Waals surface area contributed by atoms with Crippen LogP contribution in [0, 0.1) is 5.92 Å². The number of nitrogens with zero attached hydrogens (tertiary/aromatic N) is 1. The maximum atomic E-state index is 12.7. The summed E-state index contributed by atoms with van der Waals surface area (Å²) in [5, 5.41) is 10.1. The van der Waals surface area contributed by atoms with E-state index in [9.17, 15) is 9.59 Å². The van der Waals surface area contributed by atoms with Crippen LogP contribution in [0.5, 0.6) is 0 Å². The summed E-state index contributed by atoms with van der Waals surface area (Å²) in [6, 6.07) is 7.79. The SMILES string of the molecule is CC[C@H](C)[C@H](NC(=O)c1ccc(Cl)cc1)C(=O)OCc1csc(-c2ccsc2)n1. The molecular formula is C21H21ClN2O3S2. The lowest BCUT2D eigenvalue weighted by Crippen LogP contribution is -2.46. The van der Waals surface area contributed by atoms with E-state index in [0.717, 1.165) is 17.0 Å². The van der Waals surface area contributed by atoms with Crippen molar-refractivity contribution in [3.8, 4) is 10.6 Å². The van der Waals surface area contributed by atoms with Crippen molar-refractivity contribution in [2.45, 2.75) is 32.9 Å². The fraction of sp³-hybridized carbons (Fsp3) is 0.286. The summed E-state index contributed by atoms with van der Waals surface area (Å²) in [7, 11) is 0. The van der Waals surface area contributed by atoms with Crippen molar-refractivity contribution in [2.24, 2.45) is 5.92 Å². The van der Waals surface area contributed by atoms with Crippen LogP contribution < -0.4 is 5.32 Å². The molecule has 0 radical (unpaired) electrons. The van der Waals surface area contributed by atoms with Gasteiger partial charge in [0.15, 0.2) is 0 Å². The molecule has 29 heavy (non-hydrogen) atoms. The fourth-order valence-corrected chi connectivity index (χ4v) is 4.26. The molecule has 0 unspecified atom stereocenters. The first kappa shape index (κ1) is 21.5. The van der Waals surface area contributed by atoms with Crippen molar-refractivity contribution in [2.75, 3.05) is 0 Å². The second kappa shape index (κ2) is 10.0. The molecule has 1 aromatic carbocycles. The average molecular weight is 449 g/mol. The summed E-state index contributed by atoms with van der Waals surface area (Å²) >= 11 is 8.99. The molecule has 2 atom stereocenters. The highest BCUT2D eigenvalue weighted by atomic mass is 35.5. The van der Waals surface area contributed by atoms with Gasteiger partial charge in [-0.15, -0.1) is 11.3 Å². The van der Waals surface area contributed by atoms with Crippen LogP contribution in [0.1, 0.15) is 36.3 Å². The lowest BCUT2D eigenvalue weighted by atomic mass is 9.99. The first-order valence-corrected chi connectivity index (χ1v) is 11.4. The number of amides is 1. The third kappa shape index (κ3) is 5.65. The average Bonchev–Trinajstić information content (AvgIpc) is 3.41. The minimum Gasteiger partial charge on any atom is -0.458 e. The lowest BCUT2D eigenvalue weighted by Gasteiger charge is -2.22. The highest BCUT2D eigenvalue weighted by molar-refractivity contribution is 7.14. The van der Waals surface area contributed by atoms with Gasteiger partial charge in [-0.2, -0.15) is 11.3 Å². The minimum atomic E-state index is -0.738. The van der Waals surface area contributed by atoms with Gasteiger partial charge in [-0.1, -0.05) is 31.9 Å². The molecule has 0 saturated carbocycles. The number of carbonyl (C=O) groups is 2. The maximum absolute atomic E-state index is 12.7. The first-order chi connectivity index (χ1) is 14.0. The fourth-order valence-electron chi connectivity index (χ4n) is 2.62. The number of rotatable bonds is 8. The predicted molar refractivity (Wildman–Crippen MR) is 117 cm³/mol. The van der Waals surface area contributed by atoms with Gasteiger partial charge in [0.25, 0.3) is 5.91 Å². The summed E-state index contributed by atoms with van der Waals surface area (Å²) in [4.78, 5) is 29.7. The molecule has 8 heteroatoms. The number of hydrogen-bond donors (Lipinski definition) is 1. The molecule has 5 nitrogen and oxygen atoms in total. The second-order valence-corrected chi connectivity index (χ2v) is 8.68. The van der Waals surface area contributed by atoms with Crippen molar-refractivity contribution < 1.29 is 14.3 Å². The highest BCUT2D eigenvalue weighted by Crippen LogP contribution is 2.26. The van der Waals surface area contributed by atoms with Gasteiger partial charge in [0.1, 0.15) is 17.7 Å². The Morgan fingerprint density at radius 2 is 1.97 bits per heavy atom. The van der Waals surface area contributed by atoms with Crippen LogP contribution in [0.25, 0.3) is 10.6 Å². The van der Waals surface area contributed by atoms with E-state index in [1.165, 1.54) is 11.3 Å². The molecule has 3 rings (SSSR count). The Morgan fingerprint density at radius 1 is 1.21 bits per heavy atom. The van der Waals surface area contributed by atoms with Gasteiger partial charge in [0.2, 0.25) is 0 Å². The molecular weight excluding hydrogens is 428 g/mol. The van der Waals surface area contributed by atoms with Gasteiger partial charge in [-0.05, 0) is 41.6 Å². The van der Waals surface area contributed by atoms with Crippen molar-refractivity contribution in [3.05, 3.63) is 62.8 Å². The Balaban J connectivity index is 1.63. The molecule has 0 bridgehead atoms. The Bertz CT molecular complexity index is 955. The van der Waals surface area contributed by atoms with E-state index in [-0.39, 0.29) is 18.4 Å². The molecule has 0 saturated heterocycles. The number of halogens is 1.